The summed E-state index contributed by atoms with van der Waals surface area (Å²) in [4.78, 5) is 11.0. The molecule has 2 aromatic carbocycles. The van der Waals surface area contributed by atoms with E-state index >= 15 is 0 Å². The molecule has 0 unspecified atom stereocenters. The lowest BCUT2D eigenvalue weighted by atomic mass is 10.2. The van der Waals surface area contributed by atoms with Gasteiger partial charge in [-0.1, -0.05) is 0 Å². The molecule has 0 atom stereocenters. The molecular formula is C19H23BrN2O3. The van der Waals surface area contributed by atoms with Gasteiger partial charge in [-0.15, -0.1) is 0 Å². The van der Waals surface area contributed by atoms with E-state index < -0.39 is 0 Å². The Kier molecular flexibility index (Phi) is 7.13. The van der Waals surface area contributed by atoms with Crippen molar-refractivity contribution in [3.05, 3.63) is 46.4 Å². The molecule has 2 N–H and O–H groups in total. The number of hydrogen-bond acceptors (Lipinski definition) is 4. The molecule has 6 heteroatoms. The van der Waals surface area contributed by atoms with Crippen LogP contribution in [0.25, 0.3) is 0 Å². The molecule has 0 fully saturated rings. The van der Waals surface area contributed by atoms with Crippen molar-refractivity contribution in [2.24, 2.45) is 0 Å². The summed E-state index contributed by atoms with van der Waals surface area (Å²) in [6, 6.07) is 11.6. The Morgan fingerprint density at radius 2 is 1.68 bits per heavy atom. The molecule has 1 amide bonds. The van der Waals surface area contributed by atoms with E-state index in [1.165, 1.54) is 6.92 Å². The van der Waals surface area contributed by atoms with Gasteiger partial charge in [0.1, 0.15) is 0 Å². The smallest absolute Gasteiger partial charge is 0.221 e. The van der Waals surface area contributed by atoms with Gasteiger partial charge in [-0.2, -0.15) is 0 Å². The van der Waals surface area contributed by atoms with Gasteiger partial charge in [-0.25, -0.2) is 0 Å². The zero-order valence-electron chi connectivity index (χ0n) is 14.7. The molecule has 134 valence electrons. The molecule has 0 aliphatic heterocycles. The van der Waals surface area contributed by atoms with Crippen molar-refractivity contribution in [2.45, 2.75) is 27.3 Å². The van der Waals surface area contributed by atoms with Crippen LogP contribution in [0.1, 0.15) is 26.3 Å². The van der Waals surface area contributed by atoms with E-state index in [9.17, 15) is 4.79 Å². The third-order valence-corrected chi connectivity index (χ3v) is 3.95. The maximum atomic E-state index is 11.0. The summed E-state index contributed by atoms with van der Waals surface area (Å²) < 4.78 is 12.2. The summed E-state index contributed by atoms with van der Waals surface area (Å²) in [6.07, 6.45) is 0. The number of hydrogen-bond donors (Lipinski definition) is 2. The molecule has 0 radical (unpaired) electrons. The Labute approximate surface area is 156 Å². The maximum Gasteiger partial charge on any atom is 0.221 e. The molecule has 25 heavy (non-hydrogen) atoms. The van der Waals surface area contributed by atoms with Crippen LogP contribution in [-0.2, 0) is 11.3 Å². The standard InChI is InChI=1S/C19H23BrN2O3/c1-4-24-18-11-14(10-17(20)19(18)25-5-2)12-21-15-6-8-16(9-7-15)22-13(3)23/h6-11,21H,4-5,12H2,1-3H3,(H,22,23). The van der Waals surface area contributed by atoms with Gasteiger partial charge in [0.15, 0.2) is 11.5 Å². The maximum absolute atomic E-state index is 11.0. The van der Waals surface area contributed by atoms with E-state index in [4.69, 9.17) is 9.47 Å². The fraction of sp³-hybridized carbons (Fsp3) is 0.316. The quantitative estimate of drug-likeness (QED) is 0.659. The summed E-state index contributed by atoms with van der Waals surface area (Å²) in [5.74, 6) is 1.38. The van der Waals surface area contributed by atoms with Crippen LogP contribution < -0.4 is 20.1 Å². The van der Waals surface area contributed by atoms with Gasteiger partial charge in [0.25, 0.3) is 0 Å². The zero-order valence-corrected chi connectivity index (χ0v) is 16.3. The van der Waals surface area contributed by atoms with Crippen molar-refractivity contribution in [3.63, 3.8) is 0 Å². The van der Waals surface area contributed by atoms with Crippen molar-refractivity contribution in [2.75, 3.05) is 23.8 Å². The summed E-state index contributed by atoms with van der Waals surface area (Å²) >= 11 is 3.55. The summed E-state index contributed by atoms with van der Waals surface area (Å²) in [6.45, 7) is 7.19. The molecule has 0 saturated carbocycles. The fourth-order valence-corrected chi connectivity index (χ4v) is 2.95. The van der Waals surface area contributed by atoms with E-state index in [-0.39, 0.29) is 5.91 Å². The first-order chi connectivity index (χ1) is 12.0. The van der Waals surface area contributed by atoms with Crippen molar-refractivity contribution >= 4 is 33.2 Å². The number of halogens is 1. The Hall–Kier alpha value is -2.21. The number of nitrogens with one attached hydrogen (secondary N) is 2. The van der Waals surface area contributed by atoms with E-state index in [0.717, 1.165) is 32.9 Å². The largest absolute Gasteiger partial charge is 0.490 e. The minimum Gasteiger partial charge on any atom is -0.490 e. The van der Waals surface area contributed by atoms with E-state index in [0.29, 0.717) is 19.8 Å². The number of amides is 1. The van der Waals surface area contributed by atoms with E-state index in [1.807, 2.05) is 50.2 Å². The zero-order chi connectivity index (χ0) is 18.2. The van der Waals surface area contributed by atoms with Crippen LogP contribution in [0.5, 0.6) is 11.5 Å². The lowest BCUT2D eigenvalue weighted by molar-refractivity contribution is -0.114. The molecule has 0 spiro atoms. The first kappa shape index (κ1) is 19.1. The Balaban J connectivity index is 2.08. The third-order valence-electron chi connectivity index (χ3n) is 3.36. The van der Waals surface area contributed by atoms with Gasteiger partial charge in [0.2, 0.25) is 5.91 Å². The summed E-state index contributed by atoms with van der Waals surface area (Å²) in [5, 5.41) is 6.11. The fourth-order valence-electron chi connectivity index (χ4n) is 2.35. The summed E-state index contributed by atoms with van der Waals surface area (Å²) in [5.41, 5.74) is 2.82. The van der Waals surface area contributed by atoms with E-state index in [2.05, 4.69) is 26.6 Å². The molecule has 5 nitrogen and oxygen atoms in total. The predicted molar refractivity (Wildman–Crippen MR) is 105 cm³/mol. The topological polar surface area (TPSA) is 59.6 Å². The highest BCUT2D eigenvalue weighted by atomic mass is 79.9. The number of carbonyl (C=O) groups is 1. The first-order valence-corrected chi connectivity index (χ1v) is 9.02. The van der Waals surface area contributed by atoms with Crippen LogP contribution in [0, 0.1) is 0 Å². The minimum atomic E-state index is -0.0802. The number of benzene rings is 2. The monoisotopic (exact) mass is 406 g/mol. The van der Waals surface area contributed by atoms with Gasteiger partial charge >= 0.3 is 0 Å². The van der Waals surface area contributed by atoms with Gasteiger partial charge in [-0.3, -0.25) is 4.79 Å². The molecule has 0 aliphatic rings. The molecule has 0 aromatic heterocycles. The second-order valence-corrected chi connectivity index (χ2v) is 6.24. The predicted octanol–water partition coefficient (Wildman–Crippen LogP) is 4.82. The molecule has 0 bridgehead atoms. The molecule has 0 aliphatic carbocycles. The van der Waals surface area contributed by atoms with Crippen LogP contribution in [0.4, 0.5) is 11.4 Å². The lowest BCUT2D eigenvalue weighted by Crippen LogP contribution is -2.06. The first-order valence-electron chi connectivity index (χ1n) is 8.23. The van der Waals surface area contributed by atoms with Crippen molar-refractivity contribution in [1.82, 2.24) is 0 Å². The van der Waals surface area contributed by atoms with E-state index in [1.54, 1.807) is 0 Å². The average molecular weight is 407 g/mol. The number of ether oxygens (including phenoxy) is 2. The Morgan fingerprint density at radius 1 is 1.04 bits per heavy atom. The highest BCUT2D eigenvalue weighted by Crippen LogP contribution is 2.37. The number of rotatable bonds is 8. The number of anilines is 2. The van der Waals surface area contributed by atoms with Crippen LogP contribution in [-0.4, -0.2) is 19.1 Å². The van der Waals surface area contributed by atoms with Gasteiger partial charge in [0, 0.05) is 24.8 Å². The summed E-state index contributed by atoms with van der Waals surface area (Å²) in [7, 11) is 0. The van der Waals surface area contributed by atoms with Crippen LogP contribution in [0.3, 0.4) is 0 Å². The van der Waals surface area contributed by atoms with Crippen molar-refractivity contribution < 1.29 is 14.3 Å². The highest BCUT2D eigenvalue weighted by Gasteiger charge is 2.11. The van der Waals surface area contributed by atoms with Gasteiger partial charge in [0.05, 0.1) is 17.7 Å². The lowest BCUT2D eigenvalue weighted by Gasteiger charge is -2.15. The van der Waals surface area contributed by atoms with Gasteiger partial charge in [-0.05, 0) is 71.7 Å². The third kappa shape index (κ3) is 5.67. The van der Waals surface area contributed by atoms with Crippen LogP contribution in [0.2, 0.25) is 0 Å². The Morgan fingerprint density at radius 3 is 2.28 bits per heavy atom. The second-order valence-electron chi connectivity index (χ2n) is 5.38. The second kappa shape index (κ2) is 9.32. The molecule has 2 aromatic rings. The van der Waals surface area contributed by atoms with Gasteiger partial charge < -0.3 is 20.1 Å². The Bertz CT molecular complexity index is 717. The van der Waals surface area contributed by atoms with Crippen molar-refractivity contribution in [3.8, 4) is 11.5 Å². The van der Waals surface area contributed by atoms with Crippen LogP contribution >= 0.6 is 15.9 Å². The molecule has 0 saturated heterocycles. The average Bonchev–Trinajstić information content (AvgIpc) is 2.57. The molecule has 0 heterocycles. The normalized spacial score (nSPS) is 10.2. The van der Waals surface area contributed by atoms with Crippen LogP contribution in [0.15, 0.2) is 40.9 Å². The van der Waals surface area contributed by atoms with Crippen molar-refractivity contribution in [1.29, 1.82) is 0 Å². The highest BCUT2D eigenvalue weighted by molar-refractivity contribution is 9.10. The SMILES string of the molecule is CCOc1cc(CNc2ccc(NC(C)=O)cc2)cc(Br)c1OCC. The minimum absolute atomic E-state index is 0.0802. The molecule has 2 rings (SSSR count). The number of carbonyl (C=O) groups excluding carboxylic acids is 1. The molecular weight excluding hydrogens is 384 g/mol.